The van der Waals surface area contributed by atoms with E-state index in [1.807, 2.05) is 18.2 Å². The van der Waals surface area contributed by atoms with Crippen molar-refractivity contribution in [3.63, 3.8) is 0 Å². The highest BCUT2D eigenvalue weighted by molar-refractivity contribution is 5.78. The number of phenolic OH excluding ortho intramolecular Hbond substituents is 1. The second kappa shape index (κ2) is 4.38. The molecule has 0 bridgehead atoms. The molecule has 1 saturated carbocycles. The van der Waals surface area contributed by atoms with Crippen molar-refractivity contribution < 1.29 is 5.11 Å². The number of aromatic nitrogens is 2. The molecule has 0 radical (unpaired) electrons. The molecule has 1 heterocycles. The molecule has 3 rings (SSSR count). The van der Waals surface area contributed by atoms with E-state index < -0.39 is 0 Å². The molecule has 0 unspecified atom stereocenters. The van der Waals surface area contributed by atoms with Gasteiger partial charge in [0.05, 0.1) is 5.69 Å². The van der Waals surface area contributed by atoms with Crippen LogP contribution in [0.3, 0.4) is 0 Å². The van der Waals surface area contributed by atoms with Gasteiger partial charge < -0.3 is 16.6 Å². The van der Waals surface area contributed by atoms with Crippen LogP contribution in [0.4, 0.5) is 11.8 Å². The maximum absolute atomic E-state index is 10.4. The summed E-state index contributed by atoms with van der Waals surface area (Å²) in [6, 6.07) is 7.38. The average molecular weight is 267 g/mol. The molecular formula is C14H13N5O. The monoisotopic (exact) mass is 267 g/mol. The van der Waals surface area contributed by atoms with Crippen molar-refractivity contribution in [2.75, 3.05) is 11.5 Å². The Morgan fingerprint density at radius 2 is 2.00 bits per heavy atom. The van der Waals surface area contributed by atoms with Crippen LogP contribution in [0.25, 0.3) is 11.3 Å². The van der Waals surface area contributed by atoms with Gasteiger partial charge in [-0.05, 0) is 30.4 Å². The van der Waals surface area contributed by atoms with Crippen LogP contribution in [0, 0.1) is 11.3 Å². The van der Waals surface area contributed by atoms with Crippen LogP contribution >= 0.6 is 0 Å². The van der Waals surface area contributed by atoms with Crippen molar-refractivity contribution in [2.45, 2.75) is 18.8 Å². The van der Waals surface area contributed by atoms with E-state index in [2.05, 4.69) is 9.97 Å². The van der Waals surface area contributed by atoms with E-state index in [9.17, 15) is 10.4 Å². The number of nitrogen functional groups attached to an aromatic ring is 2. The zero-order valence-corrected chi connectivity index (χ0v) is 10.7. The van der Waals surface area contributed by atoms with Gasteiger partial charge in [0, 0.05) is 5.56 Å². The van der Waals surface area contributed by atoms with E-state index in [1.54, 1.807) is 6.07 Å². The number of nitriles is 1. The molecule has 6 heteroatoms. The highest BCUT2D eigenvalue weighted by Crippen LogP contribution is 2.47. The Morgan fingerprint density at radius 3 is 2.65 bits per heavy atom. The molecule has 1 fully saturated rings. The van der Waals surface area contributed by atoms with E-state index >= 15 is 0 Å². The van der Waals surface area contributed by atoms with Gasteiger partial charge in [0.1, 0.15) is 23.2 Å². The number of phenols is 1. The van der Waals surface area contributed by atoms with Gasteiger partial charge in [-0.3, -0.25) is 0 Å². The van der Waals surface area contributed by atoms with Crippen LogP contribution in [0.1, 0.15) is 29.9 Å². The van der Waals surface area contributed by atoms with Gasteiger partial charge in [-0.2, -0.15) is 10.2 Å². The number of hydrogen-bond donors (Lipinski definition) is 3. The average Bonchev–Trinajstić information content (AvgIpc) is 3.22. The van der Waals surface area contributed by atoms with Gasteiger partial charge in [0.15, 0.2) is 0 Å². The lowest BCUT2D eigenvalue weighted by atomic mass is 10.0. The van der Waals surface area contributed by atoms with Crippen molar-refractivity contribution in [1.82, 2.24) is 9.97 Å². The second-order valence-corrected chi connectivity index (χ2v) is 4.82. The Labute approximate surface area is 115 Å². The fourth-order valence-corrected chi connectivity index (χ4v) is 2.28. The molecule has 2 aromatic rings. The third-order valence-electron chi connectivity index (χ3n) is 3.41. The zero-order valence-electron chi connectivity index (χ0n) is 10.7. The van der Waals surface area contributed by atoms with E-state index in [1.165, 1.54) is 0 Å². The maximum Gasteiger partial charge on any atom is 0.222 e. The smallest absolute Gasteiger partial charge is 0.222 e. The number of nitrogens with zero attached hydrogens (tertiary/aromatic N) is 3. The number of hydrogen-bond acceptors (Lipinski definition) is 6. The van der Waals surface area contributed by atoms with Crippen molar-refractivity contribution in [3.8, 4) is 23.1 Å². The standard InChI is InChI=1S/C14H13N5O/c15-6-10-11(18-14(17)19-13(10)16)9-3-1-2-8(12(9)20)7-4-5-7/h1-3,7,20H,4-5H2,(H4,16,17,18,19). The van der Waals surface area contributed by atoms with Gasteiger partial charge in [-0.15, -0.1) is 0 Å². The lowest BCUT2D eigenvalue weighted by molar-refractivity contribution is 0.470. The molecule has 1 aliphatic carbocycles. The first-order chi connectivity index (χ1) is 9.61. The van der Waals surface area contributed by atoms with Crippen molar-refractivity contribution in [3.05, 3.63) is 29.3 Å². The largest absolute Gasteiger partial charge is 0.507 e. The lowest BCUT2D eigenvalue weighted by Gasteiger charge is -2.11. The number of anilines is 2. The summed E-state index contributed by atoms with van der Waals surface area (Å²) in [7, 11) is 0. The topological polar surface area (TPSA) is 122 Å². The first-order valence-corrected chi connectivity index (χ1v) is 6.27. The number of nitrogens with two attached hydrogens (primary N) is 2. The molecule has 100 valence electrons. The Kier molecular flexibility index (Phi) is 2.68. The second-order valence-electron chi connectivity index (χ2n) is 4.82. The van der Waals surface area contributed by atoms with Crippen molar-refractivity contribution >= 4 is 11.8 Å². The first-order valence-electron chi connectivity index (χ1n) is 6.27. The highest BCUT2D eigenvalue weighted by atomic mass is 16.3. The minimum atomic E-state index is -0.0206. The van der Waals surface area contributed by atoms with Crippen LogP contribution in [-0.4, -0.2) is 15.1 Å². The molecular weight excluding hydrogens is 254 g/mol. The third-order valence-corrected chi connectivity index (χ3v) is 3.41. The number of benzene rings is 1. The molecule has 1 aliphatic rings. The Balaban J connectivity index is 2.24. The summed E-state index contributed by atoms with van der Waals surface area (Å²) in [4.78, 5) is 7.83. The van der Waals surface area contributed by atoms with Gasteiger partial charge in [-0.25, -0.2) is 4.98 Å². The normalized spacial score (nSPS) is 13.9. The van der Waals surface area contributed by atoms with E-state index in [0.29, 0.717) is 11.5 Å². The van der Waals surface area contributed by atoms with Gasteiger partial charge >= 0.3 is 0 Å². The molecule has 5 N–H and O–H groups in total. The fourth-order valence-electron chi connectivity index (χ4n) is 2.28. The maximum atomic E-state index is 10.4. The van der Waals surface area contributed by atoms with Crippen LogP contribution in [0.15, 0.2) is 18.2 Å². The van der Waals surface area contributed by atoms with E-state index in [-0.39, 0.29) is 28.8 Å². The third kappa shape index (κ3) is 1.89. The minimum absolute atomic E-state index is 0.0197. The van der Waals surface area contributed by atoms with E-state index in [4.69, 9.17) is 11.5 Å². The van der Waals surface area contributed by atoms with Gasteiger partial charge in [0.25, 0.3) is 0 Å². The van der Waals surface area contributed by atoms with Crippen molar-refractivity contribution in [1.29, 1.82) is 5.26 Å². The molecule has 1 aromatic carbocycles. The van der Waals surface area contributed by atoms with Crippen LogP contribution in [0.2, 0.25) is 0 Å². The molecule has 6 nitrogen and oxygen atoms in total. The highest BCUT2D eigenvalue weighted by Gasteiger charge is 2.28. The molecule has 0 spiro atoms. The summed E-state index contributed by atoms with van der Waals surface area (Å²) in [6.45, 7) is 0. The molecule has 0 amide bonds. The molecule has 0 aliphatic heterocycles. The number of para-hydroxylation sites is 1. The summed E-state index contributed by atoms with van der Waals surface area (Å²) in [5.74, 6) is 0.528. The number of rotatable bonds is 2. The minimum Gasteiger partial charge on any atom is -0.507 e. The Morgan fingerprint density at radius 1 is 1.25 bits per heavy atom. The first kappa shape index (κ1) is 12.2. The molecule has 0 saturated heterocycles. The van der Waals surface area contributed by atoms with Crippen LogP contribution in [0.5, 0.6) is 5.75 Å². The van der Waals surface area contributed by atoms with Gasteiger partial charge in [0.2, 0.25) is 5.95 Å². The molecule has 1 aromatic heterocycles. The fraction of sp³-hybridized carbons (Fsp3) is 0.214. The molecule has 20 heavy (non-hydrogen) atoms. The van der Waals surface area contributed by atoms with Crippen LogP contribution in [-0.2, 0) is 0 Å². The summed E-state index contributed by atoms with van der Waals surface area (Å²) in [5, 5.41) is 19.6. The van der Waals surface area contributed by atoms with Crippen molar-refractivity contribution in [2.24, 2.45) is 0 Å². The SMILES string of the molecule is N#Cc1c(N)nc(N)nc1-c1cccc(C2CC2)c1O. The van der Waals surface area contributed by atoms with Crippen LogP contribution < -0.4 is 11.5 Å². The zero-order chi connectivity index (χ0) is 14.3. The summed E-state index contributed by atoms with van der Waals surface area (Å²) in [6.07, 6.45) is 2.13. The lowest BCUT2D eigenvalue weighted by Crippen LogP contribution is -2.05. The summed E-state index contributed by atoms with van der Waals surface area (Å²) >= 11 is 0. The predicted octanol–water partition coefficient (Wildman–Crippen LogP) is 1.76. The van der Waals surface area contributed by atoms with Gasteiger partial charge in [-0.1, -0.05) is 12.1 Å². The summed E-state index contributed by atoms with van der Waals surface area (Å²) < 4.78 is 0. The Hall–Kier alpha value is -2.81. The summed E-state index contributed by atoms with van der Waals surface area (Å²) in [5.41, 5.74) is 13.0. The predicted molar refractivity (Wildman–Crippen MR) is 74.6 cm³/mol. The Bertz CT molecular complexity index is 731. The number of aromatic hydroxyl groups is 1. The van der Waals surface area contributed by atoms with E-state index in [0.717, 1.165) is 18.4 Å². The molecule has 0 atom stereocenters. The quantitative estimate of drug-likeness (QED) is 0.762.